The Bertz CT molecular complexity index is 1060. The normalized spacial score (nSPS) is 11.5. The third kappa shape index (κ3) is 4.67. The highest BCUT2D eigenvalue weighted by Crippen LogP contribution is 2.28. The van der Waals surface area contributed by atoms with Crippen molar-refractivity contribution in [1.29, 1.82) is 0 Å². The molecular formula is C22H16ClNO5. The van der Waals surface area contributed by atoms with E-state index in [2.05, 4.69) is 0 Å². The Morgan fingerprint density at radius 2 is 1.66 bits per heavy atom. The Morgan fingerprint density at radius 1 is 1.00 bits per heavy atom. The predicted molar refractivity (Wildman–Crippen MR) is 108 cm³/mol. The van der Waals surface area contributed by atoms with E-state index in [0.717, 1.165) is 17.7 Å². The SMILES string of the molecule is Cc1ccc(C(=O)[C@H](OC(=O)c2ccc([N+](=O)[O-])cc2Cl)c2ccccc2)cc1. The molecule has 29 heavy (non-hydrogen) atoms. The molecule has 0 aliphatic carbocycles. The average molecular weight is 410 g/mol. The molecule has 0 aliphatic rings. The maximum atomic E-state index is 13.1. The Labute approximate surface area is 171 Å². The van der Waals surface area contributed by atoms with Crippen LogP contribution >= 0.6 is 11.6 Å². The van der Waals surface area contributed by atoms with Crippen molar-refractivity contribution in [3.63, 3.8) is 0 Å². The van der Waals surface area contributed by atoms with Crippen LogP contribution in [0.3, 0.4) is 0 Å². The van der Waals surface area contributed by atoms with Crippen LogP contribution in [0.1, 0.15) is 37.9 Å². The molecule has 0 bridgehead atoms. The van der Waals surface area contributed by atoms with E-state index in [9.17, 15) is 19.7 Å². The van der Waals surface area contributed by atoms with Crippen molar-refractivity contribution in [3.8, 4) is 0 Å². The van der Waals surface area contributed by atoms with Crippen molar-refractivity contribution in [3.05, 3.63) is 110 Å². The minimum atomic E-state index is -1.18. The standard InChI is InChI=1S/C22H16ClNO5/c1-14-7-9-15(10-8-14)20(25)21(16-5-3-2-4-6-16)29-22(26)18-12-11-17(24(27)28)13-19(18)23/h2-13,21H,1H3/t21-/m1/s1. The Kier molecular flexibility index (Phi) is 6.04. The molecule has 3 aromatic carbocycles. The lowest BCUT2D eigenvalue weighted by Gasteiger charge is -2.18. The maximum absolute atomic E-state index is 13.1. The number of hydrogen-bond acceptors (Lipinski definition) is 5. The van der Waals surface area contributed by atoms with Gasteiger partial charge < -0.3 is 4.74 Å². The molecule has 0 radical (unpaired) electrons. The van der Waals surface area contributed by atoms with E-state index in [4.69, 9.17) is 16.3 Å². The number of non-ortho nitro benzene ring substituents is 1. The van der Waals surface area contributed by atoms with Gasteiger partial charge in [0.05, 0.1) is 15.5 Å². The second-order valence-electron chi connectivity index (χ2n) is 6.35. The molecule has 1 atom stereocenters. The Balaban J connectivity index is 1.93. The van der Waals surface area contributed by atoms with E-state index in [0.29, 0.717) is 11.1 Å². The van der Waals surface area contributed by atoms with Crippen molar-refractivity contribution in [2.45, 2.75) is 13.0 Å². The third-order valence-electron chi connectivity index (χ3n) is 4.28. The predicted octanol–water partition coefficient (Wildman–Crippen LogP) is 5.34. The second-order valence-corrected chi connectivity index (χ2v) is 6.75. The summed E-state index contributed by atoms with van der Waals surface area (Å²) in [5.74, 6) is -1.23. The highest BCUT2D eigenvalue weighted by Gasteiger charge is 2.28. The van der Waals surface area contributed by atoms with E-state index in [1.165, 1.54) is 6.07 Å². The number of carbonyl (C=O) groups excluding carboxylic acids is 2. The number of benzene rings is 3. The number of nitro groups is 1. The van der Waals surface area contributed by atoms with Gasteiger partial charge in [-0.3, -0.25) is 14.9 Å². The lowest BCUT2D eigenvalue weighted by atomic mass is 9.99. The molecule has 0 saturated heterocycles. The summed E-state index contributed by atoms with van der Waals surface area (Å²) in [6.07, 6.45) is -1.18. The van der Waals surface area contributed by atoms with Crippen LogP contribution in [-0.2, 0) is 4.74 Å². The summed E-state index contributed by atoms with van der Waals surface area (Å²) in [5, 5.41) is 10.7. The van der Waals surface area contributed by atoms with Crippen molar-refractivity contribution < 1.29 is 19.2 Å². The number of nitro benzene ring substituents is 1. The molecule has 0 N–H and O–H groups in total. The molecule has 0 spiro atoms. The van der Waals surface area contributed by atoms with Gasteiger partial charge in [-0.15, -0.1) is 0 Å². The molecule has 0 heterocycles. The Morgan fingerprint density at radius 3 is 2.24 bits per heavy atom. The van der Waals surface area contributed by atoms with Crippen LogP contribution in [0.25, 0.3) is 0 Å². The summed E-state index contributed by atoms with van der Waals surface area (Å²) in [5.41, 5.74) is 1.58. The molecule has 6 nitrogen and oxygen atoms in total. The van der Waals surface area contributed by atoms with Gasteiger partial charge in [0.25, 0.3) is 5.69 Å². The molecular weight excluding hydrogens is 394 g/mol. The van der Waals surface area contributed by atoms with E-state index in [1.807, 2.05) is 6.92 Å². The minimum absolute atomic E-state index is 0.0603. The number of rotatable bonds is 6. The summed E-state index contributed by atoms with van der Waals surface area (Å²) in [4.78, 5) is 36.0. The zero-order chi connectivity index (χ0) is 21.0. The molecule has 3 aromatic rings. The Hall–Kier alpha value is -3.51. The van der Waals surface area contributed by atoms with E-state index in [-0.39, 0.29) is 22.1 Å². The summed E-state index contributed by atoms with van der Waals surface area (Å²) in [6.45, 7) is 1.90. The smallest absolute Gasteiger partial charge is 0.340 e. The molecule has 0 fully saturated rings. The van der Waals surface area contributed by atoms with Crippen LogP contribution in [0.2, 0.25) is 5.02 Å². The monoisotopic (exact) mass is 409 g/mol. The second kappa shape index (κ2) is 8.67. The summed E-state index contributed by atoms with van der Waals surface area (Å²) < 4.78 is 5.51. The number of halogens is 1. The highest BCUT2D eigenvalue weighted by molar-refractivity contribution is 6.33. The van der Waals surface area contributed by atoms with Gasteiger partial charge in [-0.2, -0.15) is 0 Å². The zero-order valence-corrected chi connectivity index (χ0v) is 16.1. The van der Waals surface area contributed by atoms with Gasteiger partial charge in [0, 0.05) is 23.3 Å². The molecule has 0 saturated carbocycles. The summed E-state index contributed by atoms with van der Waals surface area (Å²) >= 11 is 6.02. The van der Waals surface area contributed by atoms with Crippen LogP contribution in [0.15, 0.2) is 72.8 Å². The molecule has 0 amide bonds. The summed E-state index contributed by atoms with van der Waals surface area (Å²) in [6, 6.07) is 19.0. The van der Waals surface area contributed by atoms with E-state index < -0.39 is 17.0 Å². The quantitative estimate of drug-likeness (QED) is 0.237. The van der Waals surface area contributed by atoms with Gasteiger partial charge in [0.1, 0.15) is 0 Å². The van der Waals surface area contributed by atoms with Gasteiger partial charge >= 0.3 is 5.97 Å². The number of hydrogen-bond donors (Lipinski definition) is 0. The van der Waals surface area contributed by atoms with Crippen molar-refractivity contribution in [2.75, 3.05) is 0 Å². The molecule has 0 aliphatic heterocycles. The minimum Gasteiger partial charge on any atom is -0.445 e. The number of Topliss-reactive ketones (excluding diaryl/α,β-unsaturated/α-hetero) is 1. The zero-order valence-electron chi connectivity index (χ0n) is 15.4. The maximum Gasteiger partial charge on any atom is 0.340 e. The first kappa shape index (κ1) is 20.2. The molecule has 0 aromatic heterocycles. The van der Waals surface area contributed by atoms with Crippen molar-refractivity contribution in [2.24, 2.45) is 0 Å². The number of nitrogens with zero attached hydrogens (tertiary/aromatic N) is 1. The van der Waals surface area contributed by atoms with Crippen LogP contribution < -0.4 is 0 Å². The fourth-order valence-electron chi connectivity index (χ4n) is 2.72. The van der Waals surface area contributed by atoms with Gasteiger partial charge in [-0.05, 0) is 13.0 Å². The van der Waals surface area contributed by atoms with Gasteiger partial charge in [-0.25, -0.2) is 4.79 Å². The van der Waals surface area contributed by atoms with Crippen LogP contribution in [0.4, 0.5) is 5.69 Å². The molecule has 146 valence electrons. The topological polar surface area (TPSA) is 86.5 Å². The molecule has 7 heteroatoms. The van der Waals surface area contributed by atoms with Crippen LogP contribution in [-0.4, -0.2) is 16.7 Å². The van der Waals surface area contributed by atoms with Crippen molar-refractivity contribution >= 4 is 29.0 Å². The highest BCUT2D eigenvalue weighted by atomic mass is 35.5. The first-order valence-corrected chi connectivity index (χ1v) is 9.05. The van der Waals surface area contributed by atoms with Gasteiger partial charge in [0.15, 0.2) is 6.10 Å². The van der Waals surface area contributed by atoms with E-state index >= 15 is 0 Å². The number of aryl methyl sites for hydroxylation is 1. The lowest BCUT2D eigenvalue weighted by Crippen LogP contribution is -2.20. The number of ether oxygens (including phenoxy) is 1. The fourth-order valence-corrected chi connectivity index (χ4v) is 2.98. The summed E-state index contributed by atoms with van der Waals surface area (Å²) in [7, 11) is 0. The van der Waals surface area contributed by atoms with Crippen LogP contribution in [0.5, 0.6) is 0 Å². The van der Waals surface area contributed by atoms with Gasteiger partial charge in [-0.1, -0.05) is 71.8 Å². The van der Waals surface area contributed by atoms with Crippen molar-refractivity contribution in [1.82, 2.24) is 0 Å². The third-order valence-corrected chi connectivity index (χ3v) is 4.60. The first-order valence-electron chi connectivity index (χ1n) is 8.67. The largest absolute Gasteiger partial charge is 0.445 e. The number of esters is 1. The van der Waals surface area contributed by atoms with E-state index in [1.54, 1.807) is 54.6 Å². The number of ketones is 1. The first-order chi connectivity index (χ1) is 13.9. The van der Waals surface area contributed by atoms with Gasteiger partial charge in [0.2, 0.25) is 5.78 Å². The number of carbonyl (C=O) groups is 2. The lowest BCUT2D eigenvalue weighted by molar-refractivity contribution is -0.384. The van der Waals surface area contributed by atoms with Crippen LogP contribution in [0, 0.1) is 17.0 Å². The fraction of sp³-hybridized carbons (Fsp3) is 0.0909. The molecule has 0 unspecified atom stereocenters. The average Bonchev–Trinajstić information content (AvgIpc) is 2.72. The molecule has 3 rings (SSSR count).